The van der Waals surface area contributed by atoms with Gasteiger partial charge in [-0.15, -0.1) is 0 Å². The van der Waals surface area contributed by atoms with Crippen LogP contribution in [0.5, 0.6) is 0 Å². The lowest BCUT2D eigenvalue weighted by Crippen LogP contribution is -2.16. The number of halogens is 1. The number of hydrogen-bond acceptors (Lipinski definition) is 3. The summed E-state index contributed by atoms with van der Waals surface area (Å²) in [6.45, 7) is 4.29. The highest BCUT2D eigenvalue weighted by Crippen LogP contribution is 2.00. The number of aliphatic hydroxyl groups excluding tert-OH is 1. The van der Waals surface area contributed by atoms with E-state index in [-0.39, 0.29) is 6.42 Å². The maximum absolute atomic E-state index is 11.8. The quantitative estimate of drug-likeness (QED) is 0.365. The first kappa shape index (κ1) is 9.10. The lowest BCUT2D eigenvalue weighted by atomic mass is 10.5. The van der Waals surface area contributed by atoms with E-state index in [0.717, 1.165) is 0 Å². The van der Waals surface area contributed by atoms with E-state index in [9.17, 15) is 9.18 Å². The summed E-state index contributed by atoms with van der Waals surface area (Å²) < 4.78 is 15.9. The van der Waals surface area contributed by atoms with Crippen molar-refractivity contribution in [2.24, 2.45) is 0 Å². The molecule has 0 aromatic heterocycles. The van der Waals surface area contributed by atoms with Crippen molar-refractivity contribution in [2.45, 2.75) is 19.6 Å². The highest BCUT2D eigenvalue weighted by atomic mass is 19.1. The van der Waals surface area contributed by atoms with Gasteiger partial charge < -0.3 is 9.84 Å². The molecule has 0 saturated heterocycles. The summed E-state index contributed by atoms with van der Waals surface area (Å²) >= 11 is 0. The second-order valence-corrected chi connectivity index (χ2v) is 1.67. The number of carbonyl (C=O) groups excluding carboxylic acids is 1. The van der Waals surface area contributed by atoms with Crippen molar-refractivity contribution >= 4 is 5.97 Å². The van der Waals surface area contributed by atoms with Crippen LogP contribution < -0.4 is 0 Å². The summed E-state index contributed by atoms with van der Waals surface area (Å²) in [5.74, 6) is -2.41. The Morgan fingerprint density at radius 2 is 2.40 bits per heavy atom. The molecule has 0 aliphatic carbocycles. The van der Waals surface area contributed by atoms with Crippen molar-refractivity contribution in [1.82, 2.24) is 0 Å². The Balaban J connectivity index is 3.68. The fraction of sp³-hybridized carbons (Fsp3) is 0.500. The molecule has 0 aromatic rings. The molecule has 1 atom stereocenters. The fourth-order valence-electron chi connectivity index (χ4n) is 0.271. The van der Waals surface area contributed by atoms with Crippen LogP contribution in [-0.4, -0.2) is 17.4 Å². The summed E-state index contributed by atoms with van der Waals surface area (Å²) in [6, 6.07) is 0. The van der Waals surface area contributed by atoms with E-state index in [4.69, 9.17) is 5.11 Å². The third-order valence-electron chi connectivity index (χ3n) is 0.814. The molecule has 0 rings (SSSR count). The Morgan fingerprint density at radius 3 is 2.70 bits per heavy atom. The molecule has 0 bridgehead atoms. The average Bonchev–Trinajstić information content (AvgIpc) is 1.87. The van der Waals surface area contributed by atoms with Crippen molar-refractivity contribution in [3.63, 3.8) is 0 Å². The van der Waals surface area contributed by atoms with E-state index < -0.39 is 18.1 Å². The molecule has 0 heterocycles. The van der Waals surface area contributed by atoms with E-state index >= 15 is 0 Å². The van der Waals surface area contributed by atoms with Crippen LogP contribution in [0.1, 0.15) is 13.3 Å². The molecule has 0 aliphatic heterocycles. The predicted molar refractivity (Wildman–Crippen MR) is 32.6 cm³/mol. The van der Waals surface area contributed by atoms with Gasteiger partial charge in [-0.25, -0.2) is 4.79 Å². The molecule has 1 unspecified atom stereocenters. The topological polar surface area (TPSA) is 46.5 Å². The third-order valence-corrected chi connectivity index (χ3v) is 0.814. The Bertz CT molecular complexity index is 144. The molecule has 0 aliphatic rings. The first-order valence-corrected chi connectivity index (χ1v) is 2.81. The largest absolute Gasteiger partial charge is 0.431 e. The molecular weight excluding hydrogens is 139 g/mol. The van der Waals surface area contributed by atoms with Gasteiger partial charge in [-0.05, 0) is 0 Å². The van der Waals surface area contributed by atoms with Gasteiger partial charge in [-0.2, -0.15) is 4.39 Å². The Kier molecular flexibility index (Phi) is 3.64. The van der Waals surface area contributed by atoms with Gasteiger partial charge in [-0.3, -0.25) is 0 Å². The molecule has 1 N–H and O–H groups in total. The molecule has 58 valence electrons. The predicted octanol–water partition coefficient (Wildman–Crippen LogP) is 0.741. The minimum Gasteiger partial charge on any atom is -0.431 e. The van der Waals surface area contributed by atoms with Crippen LogP contribution in [-0.2, 0) is 9.53 Å². The molecule has 4 heteroatoms. The minimum absolute atomic E-state index is 0.235. The Hall–Kier alpha value is -0.900. The van der Waals surface area contributed by atoms with Crippen LogP contribution in [0.4, 0.5) is 4.39 Å². The van der Waals surface area contributed by atoms with Crippen molar-refractivity contribution in [1.29, 1.82) is 0 Å². The smallest absolute Gasteiger partial charge is 0.368 e. The molecule has 0 radical (unpaired) electrons. The number of aliphatic hydroxyl groups is 1. The van der Waals surface area contributed by atoms with Crippen molar-refractivity contribution < 1.29 is 19.0 Å². The molecule has 0 fully saturated rings. The van der Waals surface area contributed by atoms with Gasteiger partial charge in [0, 0.05) is 6.42 Å². The molecule has 3 nitrogen and oxygen atoms in total. The van der Waals surface area contributed by atoms with Gasteiger partial charge in [0.2, 0.25) is 12.1 Å². The SMILES string of the molecule is C=C(F)C(=O)OC(O)CC. The zero-order chi connectivity index (χ0) is 8.15. The maximum atomic E-state index is 11.8. The molecule has 10 heavy (non-hydrogen) atoms. The molecule has 0 amide bonds. The number of hydrogen-bond donors (Lipinski definition) is 1. The summed E-state index contributed by atoms with van der Waals surface area (Å²) in [5.41, 5.74) is 0. The first-order chi connectivity index (χ1) is 4.57. The standard InChI is InChI=1S/C6H9FO3/c1-3-5(8)10-6(9)4(2)7/h5,8H,2-3H2,1H3. The molecule has 0 aromatic carbocycles. The van der Waals surface area contributed by atoms with Crippen molar-refractivity contribution in [2.75, 3.05) is 0 Å². The summed E-state index contributed by atoms with van der Waals surface area (Å²) in [7, 11) is 0. The second kappa shape index (κ2) is 4.00. The van der Waals surface area contributed by atoms with E-state index in [1.165, 1.54) is 0 Å². The van der Waals surface area contributed by atoms with Crippen LogP contribution in [0.2, 0.25) is 0 Å². The van der Waals surface area contributed by atoms with Gasteiger partial charge in [0.15, 0.2) is 0 Å². The highest BCUT2D eigenvalue weighted by Gasteiger charge is 2.11. The number of carbonyl (C=O) groups is 1. The van der Waals surface area contributed by atoms with Gasteiger partial charge >= 0.3 is 5.97 Å². The monoisotopic (exact) mass is 148 g/mol. The Morgan fingerprint density at radius 1 is 1.90 bits per heavy atom. The van der Waals surface area contributed by atoms with E-state index in [2.05, 4.69) is 11.3 Å². The average molecular weight is 148 g/mol. The highest BCUT2D eigenvalue weighted by molar-refractivity contribution is 5.85. The lowest BCUT2D eigenvalue weighted by Gasteiger charge is -2.06. The van der Waals surface area contributed by atoms with Crippen LogP contribution in [0, 0.1) is 0 Å². The number of ether oxygens (including phenoxy) is 1. The van der Waals surface area contributed by atoms with Gasteiger partial charge in [0.25, 0.3) is 0 Å². The normalized spacial score (nSPS) is 12.3. The third kappa shape index (κ3) is 3.19. The van der Waals surface area contributed by atoms with Crippen LogP contribution in [0.15, 0.2) is 12.4 Å². The summed E-state index contributed by atoms with van der Waals surface area (Å²) in [6.07, 6.45) is -1.00. The van der Waals surface area contributed by atoms with Crippen LogP contribution in [0.25, 0.3) is 0 Å². The van der Waals surface area contributed by atoms with Crippen LogP contribution in [0.3, 0.4) is 0 Å². The molecular formula is C6H9FO3. The summed E-state index contributed by atoms with van der Waals surface area (Å²) in [4.78, 5) is 10.3. The lowest BCUT2D eigenvalue weighted by molar-refractivity contribution is -0.164. The van der Waals surface area contributed by atoms with E-state index in [0.29, 0.717) is 0 Å². The van der Waals surface area contributed by atoms with Gasteiger partial charge in [0.05, 0.1) is 0 Å². The van der Waals surface area contributed by atoms with E-state index in [1.807, 2.05) is 0 Å². The van der Waals surface area contributed by atoms with E-state index in [1.54, 1.807) is 6.92 Å². The van der Waals surface area contributed by atoms with Crippen molar-refractivity contribution in [3.05, 3.63) is 12.4 Å². The van der Waals surface area contributed by atoms with Crippen molar-refractivity contribution in [3.8, 4) is 0 Å². The number of esters is 1. The maximum Gasteiger partial charge on any atom is 0.368 e. The molecule has 0 spiro atoms. The minimum atomic E-state index is -1.24. The zero-order valence-corrected chi connectivity index (χ0v) is 5.63. The summed E-state index contributed by atoms with van der Waals surface area (Å²) in [5, 5.41) is 8.63. The van der Waals surface area contributed by atoms with Crippen LogP contribution >= 0.6 is 0 Å². The second-order valence-electron chi connectivity index (χ2n) is 1.67. The zero-order valence-electron chi connectivity index (χ0n) is 5.63. The first-order valence-electron chi connectivity index (χ1n) is 2.81. The number of rotatable bonds is 3. The van der Waals surface area contributed by atoms with Gasteiger partial charge in [-0.1, -0.05) is 13.5 Å². The van der Waals surface area contributed by atoms with Gasteiger partial charge in [0.1, 0.15) is 0 Å². The Labute approximate surface area is 58.1 Å². The molecule has 0 saturated carbocycles. The fourth-order valence-corrected chi connectivity index (χ4v) is 0.271.